The number of hydrogen-bond acceptors (Lipinski definition) is 24. The fraction of sp³-hybridized carbons (Fsp3) is 0.429. The highest BCUT2D eigenvalue weighted by Gasteiger charge is 2.55. The smallest absolute Gasteiger partial charge is 0.346 e. The SMILES string of the molecule is CC(=O)OCC1OC(Oc2cccc(OC(C)=O)c2C(=O)OCc2ccccc2OC2OC(COC(=O)c3ccccc3)C(OC(C)=O)C(OC(C)=O)C2OC(C)=O)C(OC(C)=O)C(OC(C)=O)C1OC(C)=O. The number of para-hydroxylation sites is 1. The summed E-state index contributed by atoms with van der Waals surface area (Å²) in [5.41, 5.74) is -0.253. The first-order chi connectivity index (χ1) is 34.6. The minimum absolute atomic E-state index is 0.0766. The van der Waals surface area contributed by atoms with Gasteiger partial charge in [0.1, 0.15) is 54.8 Å². The van der Waals surface area contributed by atoms with Crippen LogP contribution < -0.4 is 14.2 Å². The molecule has 0 spiro atoms. The first kappa shape index (κ1) is 55.8. The summed E-state index contributed by atoms with van der Waals surface area (Å²) in [5.74, 6) is -9.96. The number of carbonyl (C=O) groups excluding carboxylic acids is 10. The highest BCUT2D eigenvalue weighted by Crippen LogP contribution is 2.37. The number of ether oxygens (including phenoxy) is 14. The van der Waals surface area contributed by atoms with Gasteiger partial charge >= 0.3 is 59.7 Å². The van der Waals surface area contributed by atoms with Crippen molar-refractivity contribution in [2.75, 3.05) is 13.2 Å². The molecule has 0 saturated carbocycles. The molecule has 0 aromatic heterocycles. The Labute approximate surface area is 416 Å². The number of hydrogen-bond donors (Lipinski definition) is 0. The van der Waals surface area contributed by atoms with Crippen LogP contribution in [0.2, 0.25) is 0 Å². The van der Waals surface area contributed by atoms with E-state index < -0.39 is 158 Å². The van der Waals surface area contributed by atoms with E-state index in [-0.39, 0.29) is 16.9 Å². The lowest BCUT2D eigenvalue weighted by Crippen LogP contribution is -2.63. The van der Waals surface area contributed by atoms with Crippen molar-refractivity contribution >= 4 is 59.7 Å². The van der Waals surface area contributed by atoms with Gasteiger partial charge in [-0.3, -0.25) is 38.4 Å². The van der Waals surface area contributed by atoms with Crippen LogP contribution in [-0.4, -0.2) is 134 Å². The van der Waals surface area contributed by atoms with E-state index in [0.29, 0.717) is 0 Å². The Morgan fingerprint density at radius 2 is 0.822 bits per heavy atom. The van der Waals surface area contributed by atoms with Crippen molar-refractivity contribution in [3.63, 3.8) is 0 Å². The molecule has 3 aromatic carbocycles. The second-order valence-electron chi connectivity index (χ2n) is 15.9. The number of rotatable bonds is 19. The van der Waals surface area contributed by atoms with Gasteiger partial charge in [0.25, 0.3) is 0 Å². The van der Waals surface area contributed by atoms with Crippen LogP contribution in [0.1, 0.15) is 81.7 Å². The molecule has 0 aliphatic carbocycles. The minimum Gasteiger partial charge on any atom is -0.463 e. The predicted octanol–water partition coefficient (Wildman–Crippen LogP) is 3.19. The predicted molar refractivity (Wildman–Crippen MR) is 239 cm³/mol. The Morgan fingerprint density at radius 1 is 0.397 bits per heavy atom. The molecule has 0 N–H and O–H groups in total. The summed E-state index contributed by atoms with van der Waals surface area (Å²) in [7, 11) is 0. The van der Waals surface area contributed by atoms with E-state index in [0.717, 1.165) is 55.4 Å². The molecule has 10 unspecified atom stereocenters. The zero-order valence-electron chi connectivity index (χ0n) is 40.6. The summed E-state index contributed by atoms with van der Waals surface area (Å²) >= 11 is 0. The van der Waals surface area contributed by atoms with Crippen LogP contribution in [0, 0.1) is 0 Å². The van der Waals surface area contributed by atoms with Gasteiger partial charge in [-0.25, -0.2) is 9.59 Å². The van der Waals surface area contributed by atoms with Crippen LogP contribution in [0.25, 0.3) is 0 Å². The van der Waals surface area contributed by atoms with Crippen LogP contribution in [0.3, 0.4) is 0 Å². The lowest BCUT2D eigenvalue weighted by molar-refractivity contribution is -0.288. The molecule has 0 amide bonds. The zero-order valence-corrected chi connectivity index (χ0v) is 40.6. The van der Waals surface area contributed by atoms with Crippen molar-refractivity contribution < 1.29 is 114 Å². The maximum absolute atomic E-state index is 14.3. The second kappa shape index (κ2) is 25.8. The zero-order chi connectivity index (χ0) is 53.5. The van der Waals surface area contributed by atoms with Crippen molar-refractivity contribution in [3.05, 3.63) is 89.5 Å². The van der Waals surface area contributed by atoms with Gasteiger partial charge in [-0.1, -0.05) is 42.5 Å². The summed E-state index contributed by atoms with van der Waals surface area (Å²) in [5, 5.41) is 0. The fourth-order valence-electron chi connectivity index (χ4n) is 7.44. The van der Waals surface area contributed by atoms with E-state index >= 15 is 0 Å². The Bertz CT molecular complexity index is 2520. The van der Waals surface area contributed by atoms with Crippen molar-refractivity contribution in [1.29, 1.82) is 0 Å². The Morgan fingerprint density at radius 3 is 1.32 bits per heavy atom. The highest BCUT2D eigenvalue weighted by atomic mass is 16.8. The average molecular weight is 1020 g/mol. The van der Waals surface area contributed by atoms with Crippen LogP contribution in [0.4, 0.5) is 0 Å². The number of benzene rings is 3. The number of esters is 10. The average Bonchev–Trinajstić information content (AvgIpc) is 3.30. The molecule has 392 valence electrons. The third kappa shape index (κ3) is 15.9. The topological polar surface area (TPSA) is 300 Å². The largest absolute Gasteiger partial charge is 0.463 e. The van der Waals surface area contributed by atoms with Gasteiger partial charge in [0, 0.05) is 61.0 Å². The number of carbonyl (C=O) groups is 10. The van der Waals surface area contributed by atoms with Crippen molar-refractivity contribution in [3.8, 4) is 17.2 Å². The molecule has 10 atom stereocenters. The van der Waals surface area contributed by atoms with Gasteiger partial charge in [0.15, 0.2) is 24.4 Å². The maximum atomic E-state index is 14.3. The molecule has 2 saturated heterocycles. The van der Waals surface area contributed by atoms with Crippen molar-refractivity contribution in [2.24, 2.45) is 0 Å². The molecule has 0 radical (unpaired) electrons. The minimum atomic E-state index is -1.84. The molecule has 0 bridgehead atoms. The molecular weight excluding hydrogens is 973 g/mol. The molecule has 3 aromatic rings. The first-order valence-electron chi connectivity index (χ1n) is 22.2. The molecule has 5 rings (SSSR count). The van der Waals surface area contributed by atoms with E-state index in [9.17, 15) is 47.9 Å². The van der Waals surface area contributed by atoms with E-state index in [1.807, 2.05) is 0 Å². The van der Waals surface area contributed by atoms with Gasteiger partial charge in [-0.05, 0) is 30.3 Å². The summed E-state index contributed by atoms with van der Waals surface area (Å²) in [4.78, 5) is 126. The third-order valence-corrected chi connectivity index (χ3v) is 10.1. The monoisotopic (exact) mass is 1020 g/mol. The van der Waals surface area contributed by atoms with Crippen LogP contribution >= 0.6 is 0 Å². The summed E-state index contributed by atoms with van der Waals surface area (Å²) in [6.07, 6.45) is -16.1. The molecule has 2 aliphatic rings. The highest BCUT2D eigenvalue weighted by molar-refractivity contribution is 5.96. The van der Waals surface area contributed by atoms with Gasteiger partial charge < -0.3 is 66.3 Å². The molecule has 2 fully saturated rings. The Kier molecular flexibility index (Phi) is 19.7. The van der Waals surface area contributed by atoms with Gasteiger partial charge in [-0.15, -0.1) is 0 Å². The van der Waals surface area contributed by atoms with Crippen molar-refractivity contribution in [2.45, 2.75) is 123 Å². The van der Waals surface area contributed by atoms with Gasteiger partial charge in [0.2, 0.25) is 24.8 Å². The Hall–Kier alpha value is -8.12. The van der Waals surface area contributed by atoms with Gasteiger partial charge in [-0.2, -0.15) is 0 Å². The van der Waals surface area contributed by atoms with Gasteiger partial charge in [0.05, 0.1) is 5.56 Å². The molecule has 73 heavy (non-hydrogen) atoms. The standard InChI is InChI=1S/C49H52O24/c1-24(50)60-22-37-40(64-26(3)52)42(66-28(5)54)45(69-31(8)57)49(72-37)71-36-20-14-19-35(63-25(2)51)39(36)47(59)61-21-33-17-12-13-18-34(33)70-48-44(68-30(7)56)43(67-29(6)55)41(65-27(4)53)38(73-48)23-62-46(58)32-15-10-9-11-16-32/h9-20,37-38,40-45,48-49H,21-23H2,1-8H3. The Balaban J connectivity index is 1.49. The lowest BCUT2D eigenvalue weighted by Gasteiger charge is -2.44. The van der Waals surface area contributed by atoms with E-state index in [1.54, 1.807) is 18.2 Å². The van der Waals surface area contributed by atoms with E-state index in [2.05, 4.69) is 0 Å². The van der Waals surface area contributed by atoms with E-state index in [1.165, 1.54) is 54.6 Å². The lowest BCUT2D eigenvalue weighted by atomic mass is 9.98. The molecule has 2 heterocycles. The van der Waals surface area contributed by atoms with Crippen LogP contribution in [0.15, 0.2) is 72.8 Å². The summed E-state index contributed by atoms with van der Waals surface area (Å²) in [6, 6.07) is 17.6. The normalized spacial score (nSPS) is 23.1. The first-order valence-corrected chi connectivity index (χ1v) is 22.2. The summed E-state index contributed by atoms with van der Waals surface area (Å²) < 4.78 is 79.4. The quantitative estimate of drug-likeness (QED) is 0.0946. The molecule has 24 heteroatoms. The molecule has 24 nitrogen and oxygen atoms in total. The maximum Gasteiger partial charge on any atom is 0.346 e. The van der Waals surface area contributed by atoms with E-state index in [4.69, 9.17) is 66.3 Å². The summed E-state index contributed by atoms with van der Waals surface area (Å²) in [6.45, 7) is 6.53. The third-order valence-electron chi connectivity index (χ3n) is 10.1. The molecule has 2 aliphatic heterocycles. The van der Waals surface area contributed by atoms with Crippen LogP contribution in [-0.2, 0) is 97.1 Å². The van der Waals surface area contributed by atoms with Crippen molar-refractivity contribution in [1.82, 2.24) is 0 Å². The second-order valence-corrected chi connectivity index (χ2v) is 15.9. The van der Waals surface area contributed by atoms with Crippen LogP contribution in [0.5, 0.6) is 17.2 Å². The fourth-order valence-corrected chi connectivity index (χ4v) is 7.44. The molecular formula is C49H52O24.